The van der Waals surface area contributed by atoms with E-state index in [9.17, 15) is 27.9 Å². The maximum Gasteiger partial charge on any atom is 0.416 e. The van der Waals surface area contributed by atoms with Gasteiger partial charge in [0.05, 0.1) is 29.9 Å². The summed E-state index contributed by atoms with van der Waals surface area (Å²) in [5.41, 5.74) is 2.05. The topological polar surface area (TPSA) is 127 Å². The van der Waals surface area contributed by atoms with E-state index < -0.39 is 30.3 Å². The smallest absolute Gasteiger partial charge is 0.416 e. The molecule has 0 saturated carbocycles. The number of carbonyl (C=O) groups excluding carboxylic acids is 2. The van der Waals surface area contributed by atoms with Crippen molar-refractivity contribution in [3.63, 3.8) is 0 Å². The summed E-state index contributed by atoms with van der Waals surface area (Å²) in [6, 6.07) is 9.87. The van der Waals surface area contributed by atoms with Gasteiger partial charge >= 0.3 is 12.3 Å². The molecule has 0 unspecified atom stereocenters. The quantitative estimate of drug-likeness (QED) is 0.316. The van der Waals surface area contributed by atoms with E-state index in [-0.39, 0.29) is 29.6 Å². The second-order valence-corrected chi connectivity index (χ2v) is 10.9. The second kappa shape index (κ2) is 11.5. The number of ether oxygens (including phenoxy) is 1. The highest BCUT2D eigenvalue weighted by Crippen LogP contribution is 2.31. The molecule has 3 aromatic heterocycles. The molecule has 43 heavy (non-hydrogen) atoms. The summed E-state index contributed by atoms with van der Waals surface area (Å²) >= 11 is 0. The van der Waals surface area contributed by atoms with Crippen LogP contribution < -0.4 is 9.80 Å². The van der Waals surface area contributed by atoms with Crippen LogP contribution in [0.3, 0.4) is 0 Å². The maximum absolute atomic E-state index is 13.5. The molecule has 0 bridgehead atoms. The molecule has 4 aromatic rings. The Morgan fingerprint density at radius 3 is 2.56 bits per heavy atom. The predicted octanol–water partition coefficient (Wildman–Crippen LogP) is 5.31. The van der Waals surface area contributed by atoms with Crippen LogP contribution in [-0.4, -0.2) is 61.7 Å². The van der Waals surface area contributed by atoms with Crippen molar-refractivity contribution in [2.75, 3.05) is 22.9 Å². The number of aliphatic hydroxyl groups excluding tert-OH is 1. The maximum atomic E-state index is 13.5. The van der Waals surface area contributed by atoms with Gasteiger partial charge in [0.2, 0.25) is 5.89 Å². The molecule has 1 aliphatic rings. The van der Waals surface area contributed by atoms with Crippen molar-refractivity contribution in [1.29, 1.82) is 0 Å². The molecule has 4 heterocycles. The lowest BCUT2D eigenvalue weighted by molar-refractivity contribution is -0.119. The number of aryl methyl sites for hydroxylation is 1. The summed E-state index contributed by atoms with van der Waals surface area (Å²) in [5, 5.41) is 13.9. The molecule has 0 atom stereocenters. The van der Waals surface area contributed by atoms with E-state index in [2.05, 4.69) is 15.1 Å². The number of fused-ring (bicyclic) bond motifs is 1. The Labute approximate surface area is 244 Å². The lowest BCUT2D eigenvalue weighted by atomic mass is 10.1. The molecule has 0 aliphatic carbocycles. The number of aromatic nitrogens is 4. The highest BCUT2D eigenvalue weighted by atomic mass is 19.4. The van der Waals surface area contributed by atoms with Gasteiger partial charge in [-0.15, -0.1) is 0 Å². The molecule has 1 aliphatic heterocycles. The summed E-state index contributed by atoms with van der Waals surface area (Å²) < 4.78 is 52.4. The molecule has 2 amide bonds. The lowest BCUT2D eigenvalue weighted by Crippen LogP contribution is -2.42. The number of hydrogen-bond acceptors (Lipinski definition) is 8. The van der Waals surface area contributed by atoms with Gasteiger partial charge in [-0.25, -0.2) is 19.4 Å². The van der Waals surface area contributed by atoms with Crippen molar-refractivity contribution < 1.29 is 37.0 Å². The third kappa shape index (κ3) is 6.85. The van der Waals surface area contributed by atoms with Crippen LogP contribution in [0, 0.1) is 0 Å². The van der Waals surface area contributed by atoms with Gasteiger partial charge in [0.15, 0.2) is 5.69 Å². The molecule has 11 nitrogen and oxygen atoms in total. The molecule has 0 spiro atoms. The van der Waals surface area contributed by atoms with Crippen LogP contribution in [0.25, 0.3) is 17.1 Å². The monoisotopic (exact) mass is 598 g/mol. The van der Waals surface area contributed by atoms with Crippen molar-refractivity contribution in [1.82, 2.24) is 19.7 Å². The molecule has 5 rings (SSSR count). The van der Waals surface area contributed by atoms with Gasteiger partial charge in [0, 0.05) is 18.3 Å². The Bertz CT molecular complexity index is 1620. The predicted molar refractivity (Wildman–Crippen MR) is 149 cm³/mol. The number of rotatable bonds is 6. The van der Waals surface area contributed by atoms with Crippen LogP contribution in [0.15, 0.2) is 59.5 Å². The van der Waals surface area contributed by atoms with Crippen molar-refractivity contribution in [3.05, 3.63) is 72.0 Å². The van der Waals surface area contributed by atoms with Gasteiger partial charge in [0.25, 0.3) is 5.91 Å². The number of aliphatic hydroxyl groups is 1. The van der Waals surface area contributed by atoms with E-state index >= 15 is 0 Å². The van der Waals surface area contributed by atoms with Crippen LogP contribution in [0.5, 0.6) is 0 Å². The van der Waals surface area contributed by atoms with Crippen molar-refractivity contribution in [2.45, 2.75) is 52.0 Å². The number of amides is 2. The molecular weight excluding hydrogens is 569 g/mol. The van der Waals surface area contributed by atoms with Crippen LogP contribution in [0.1, 0.15) is 48.9 Å². The number of alkyl halides is 3. The Morgan fingerprint density at radius 1 is 1.14 bits per heavy atom. The first kappa shape index (κ1) is 29.8. The van der Waals surface area contributed by atoms with E-state index in [0.29, 0.717) is 30.0 Å². The standard InChI is InChI=1S/C29H29F3N6O5/c1-28(2,3)43-27(41)37(17-29(30,31)32)24-13-19(10-11-33-24)25-34-22(16-42-25)26(40)36-12-4-5-21-23(36)14-38(35-21)20-8-6-18(15-39)7-9-20/h6-11,13-14,16,39H,4-5,12,15,17H2,1-3H3. The lowest BCUT2D eigenvalue weighted by Gasteiger charge is -2.27. The molecule has 0 radical (unpaired) electrons. The zero-order chi connectivity index (χ0) is 30.9. The van der Waals surface area contributed by atoms with Gasteiger partial charge in [-0.05, 0) is 63.4 Å². The number of nitrogens with zero attached hydrogens (tertiary/aromatic N) is 6. The fourth-order valence-corrected chi connectivity index (χ4v) is 4.50. The van der Waals surface area contributed by atoms with Gasteiger partial charge < -0.3 is 19.2 Å². The Hall–Kier alpha value is -4.72. The van der Waals surface area contributed by atoms with Crippen LogP contribution in [-0.2, 0) is 17.8 Å². The minimum Gasteiger partial charge on any atom is -0.444 e. The molecule has 0 saturated heterocycles. The molecule has 1 aromatic carbocycles. The minimum absolute atomic E-state index is 0.0134. The van der Waals surface area contributed by atoms with Crippen LogP contribution >= 0.6 is 0 Å². The van der Waals surface area contributed by atoms with E-state index in [4.69, 9.17) is 9.15 Å². The van der Waals surface area contributed by atoms with Crippen LogP contribution in [0.2, 0.25) is 0 Å². The minimum atomic E-state index is -4.72. The van der Waals surface area contributed by atoms with Gasteiger partial charge in [-0.3, -0.25) is 9.69 Å². The summed E-state index contributed by atoms with van der Waals surface area (Å²) in [4.78, 5) is 36.3. The molecule has 1 N–H and O–H groups in total. The van der Waals surface area contributed by atoms with Crippen molar-refractivity contribution in [3.8, 4) is 17.1 Å². The first-order valence-corrected chi connectivity index (χ1v) is 13.4. The third-order valence-corrected chi connectivity index (χ3v) is 6.43. The molecular formula is C29H29F3N6O5. The average Bonchev–Trinajstić information content (AvgIpc) is 3.62. The number of halogens is 3. The average molecular weight is 599 g/mol. The highest BCUT2D eigenvalue weighted by molar-refractivity contribution is 6.05. The number of hydrogen-bond donors (Lipinski definition) is 1. The van der Waals surface area contributed by atoms with E-state index in [1.54, 1.807) is 27.9 Å². The molecule has 226 valence electrons. The Kier molecular flexibility index (Phi) is 7.97. The van der Waals surface area contributed by atoms with E-state index in [0.717, 1.165) is 16.9 Å². The van der Waals surface area contributed by atoms with Crippen molar-refractivity contribution in [2.24, 2.45) is 0 Å². The first-order chi connectivity index (χ1) is 20.3. The normalized spacial score (nSPS) is 13.5. The van der Waals surface area contributed by atoms with Crippen molar-refractivity contribution >= 4 is 23.5 Å². The molecule has 14 heteroatoms. The Balaban J connectivity index is 1.39. The third-order valence-electron chi connectivity index (χ3n) is 6.43. The number of benzene rings is 1. The number of carbonyl (C=O) groups is 2. The number of anilines is 2. The number of oxazole rings is 1. The Morgan fingerprint density at radius 2 is 1.88 bits per heavy atom. The fraction of sp³-hybridized carbons (Fsp3) is 0.345. The summed E-state index contributed by atoms with van der Waals surface area (Å²) in [6.07, 6.45) is -0.450. The summed E-state index contributed by atoms with van der Waals surface area (Å²) in [7, 11) is 0. The summed E-state index contributed by atoms with van der Waals surface area (Å²) in [5.74, 6) is -0.803. The SMILES string of the molecule is CC(C)(C)OC(=O)N(CC(F)(F)F)c1cc(-c2nc(C(=O)N3CCCc4nn(-c5ccc(CO)cc5)cc43)co2)ccn1. The second-order valence-electron chi connectivity index (χ2n) is 10.9. The molecule has 0 fully saturated rings. The zero-order valence-electron chi connectivity index (χ0n) is 23.6. The zero-order valence-corrected chi connectivity index (χ0v) is 23.6. The summed E-state index contributed by atoms with van der Waals surface area (Å²) in [6.45, 7) is 3.34. The van der Waals surface area contributed by atoms with Gasteiger partial charge in [-0.2, -0.15) is 18.3 Å². The fourth-order valence-electron chi connectivity index (χ4n) is 4.50. The van der Waals surface area contributed by atoms with Gasteiger partial charge in [-0.1, -0.05) is 12.1 Å². The number of pyridine rings is 1. The largest absolute Gasteiger partial charge is 0.444 e. The van der Waals surface area contributed by atoms with E-state index in [1.807, 2.05) is 12.1 Å². The van der Waals surface area contributed by atoms with E-state index in [1.165, 1.54) is 45.4 Å². The first-order valence-electron chi connectivity index (χ1n) is 13.4. The highest BCUT2D eigenvalue weighted by Gasteiger charge is 2.37. The van der Waals surface area contributed by atoms with Gasteiger partial charge in [0.1, 0.15) is 24.2 Å². The van der Waals surface area contributed by atoms with Crippen LogP contribution in [0.4, 0.5) is 29.5 Å².